The van der Waals surface area contributed by atoms with Crippen molar-refractivity contribution in [1.29, 1.82) is 0 Å². The summed E-state index contributed by atoms with van der Waals surface area (Å²) in [6, 6.07) is 0.0471. The van der Waals surface area contributed by atoms with Crippen LogP contribution in [-0.2, 0) is 9.53 Å². The molecule has 0 aliphatic rings. The lowest BCUT2D eigenvalue weighted by atomic mass is 10.2. The van der Waals surface area contributed by atoms with Crippen molar-refractivity contribution in [3.63, 3.8) is 0 Å². The van der Waals surface area contributed by atoms with E-state index in [9.17, 15) is 19.7 Å². The zero-order valence-electron chi connectivity index (χ0n) is 10.8. The van der Waals surface area contributed by atoms with Gasteiger partial charge < -0.3 is 15.2 Å². The van der Waals surface area contributed by atoms with Crippen LogP contribution >= 0.6 is 0 Å². The number of esters is 1. The number of aliphatic carboxylic acids is 1. The first-order valence-corrected chi connectivity index (χ1v) is 5.68. The fourth-order valence-corrected chi connectivity index (χ4v) is 1.38. The third-order valence-electron chi connectivity index (χ3n) is 2.33. The Morgan fingerprint density at radius 2 is 2.25 bits per heavy atom. The molecule has 1 rings (SSSR count). The smallest absolute Gasteiger partial charge is 0.345 e. The molecule has 0 bridgehead atoms. The molecule has 9 heteroatoms. The van der Waals surface area contributed by atoms with Gasteiger partial charge in [0.25, 0.3) is 0 Å². The van der Waals surface area contributed by atoms with Crippen molar-refractivity contribution in [3.8, 4) is 0 Å². The highest BCUT2D eigenvalue weighted by Gasteiger charge is 2.28. The zero-order valence-corrected chi connectivity index (χ0v) is 10.8. The number of nitrogens with one attached hydrogen (secondary N) is 1. The van der Waals surface area contributed by atoms with E-state index in [0.29, 0.717) is 0 Å². The van der Waals surface area contributed by atoms with Crippen LogP contribution in [0, 0.1) is 10.1 Å². The number of ether oxygens (including phenoxy) is 1. The number of rotatable bonds is 6. The van der Waals surface area contributed by atoms with E-state index in [1.54, 1.807) is 6.92 Å². The minimum absolute atomic E-state index is 0.0621. The van der Waals surface area contributed by atoms with E-state index < -0.39 is 28.6 Å². The molecule has 1 aromatic rings. The standard InChI is InChI=1S/C11H13N3O6/c1-3-20-11(17)7-4-5-12-9(8(7)14(18)19)13-6(2)10(15)16/h4-6H,3H2,1-2H3,(H,12,13)(H,15,16)/t6-/m1/s1. The summed E-state index contributed by atoms with van der Waals surface area (Å²) in [7, 11) is 0. The highest BCUT2D eigenvalue weighted by Crippen LogP contribution is 2.27. The average molecular weight is 283 g/mol. The first-order valence-electron chi connectivity index (χ1n) is 5.68. The maximum atomic E-state index is 11.6. The van der Waals surface area contributed by atoms with E-state index in [4.69, 9.17) is 9.84 Å². The number of aromatic nitrogens is 1. The lowest BCUT2D eigenvalue weighted by molar-refractivity contribution is -0.384. The second kappa shape index (κ2) is 6.45. The van der Waals surface area contributed by atoms with Gasteiger partial charge in [0.05, 0.1) is 11.5 Å². The SMILES string of the molecule is CCOC(=O)c1ccnc(N[C@H](C)C(=O)O)c1[N+](=O)[O-]. The van der Waals surface area contributed by atoms with E-state index in [2.05, 4.69) is 10.3 Å². The Morgan fingerprint density at radius 3 is 2.75 bits per heavy atom. The largest absolute Gasteiger partial charge is 0.480 e. The predicted molar refractivity (Wildman–Crippen MR) is 67.6 cm³/mol. The molecule has 0 spiro atoms. The number of pyridine rings is 1. The van der Waals surface area contributed by atoms with Gasteiger partial charge in [-0.3, -0.25) is 14.9 Å². The minimum atomic E-state index is -1.21. The van der Waals surface area contributed by atoms with E-state index >= 15 is 0 Å². The van der Waals surface area contributed by atoms with Crippen molar-refractivity contribution >= 4 is 23.4 Å². The van der Waals surface area contributed by atoms with Gasteiger partial charge in [-0.15, -0.1) is 0 Å². The molecule has 1 aromatic heterocycles. The second-order valence-electron chi connectivity index (χ2n) is 3.74. The van der Waals surface area contributed by atoms with Gasteiger partial charge in [0.15, 0.2) is 0 Å². The number of anilines is 1. The van der Waals surface area contributed by atoms with Crippen molar-refractivity contribution in [2.75, 3.05) is 11.9 Å². The van der Waals surface area contributed by atoms with Gasteiger partial charge >= 0.3 is 17.6 Å². The van der Waals surface area contributed by atoms with Crippen LogP contribution in [-0.4, -0.2) is 39.6 Å². The lowest BCUT2D eigenvalue weighted by Gasteiger charge is -2.11. The first kappa shape index (κ1) is 15.3. The van der Waals surface area contributed by atoms with Gasteiger partial charge in [0, 0.05) is 6.20 Å². The predicted octanol–water partition coefficient (Wildman–Crippen LogP) is 1.05. The Morgan fingerprint density at radius 1 is 1.60 bits per heavy atom. The average Bonchev–Trinajstić information content (AvgIpc) is 2.38. The van der Waals surface area contributed by atoms with Crippen molar-refractivity contribution in [2.45, 2.75) is 19.9 Å². The monoisotopic (exact) mass is 283 g/mol. The van der Waals surface area contributed by atoms with Crippen LogP contribution in [0.15, 0.2) is 12.3 Å². The molecule has 1 heterocycles. The van der Waals surface area contributed by atoms with Crippen LogP contribution in [0.25, 0.3) is 0 Å². The molecule has 0 radical (unpaired) electrons. The van der Waals surface area contributed by atoms with E-state index in [0.717, 1.165) is 12.3 Å². The van der Waals surface area contributed by atoms with Crippen LogP contribution in [0.2, 0.25) is 0 Å². The van der Waals surface area contributed by atoms with Crippen molar-refractivity contribution in [1.82, 2.24) is 4.98 Å². The molecule has 2 N–H and O–H groups in total. The van der Waals surface area contributed by atoms with Crippen LogP contribution in [0.1, 0.15) is 24.2 Å². The molecule has 9 nitrogen and oxygen atoms in total. The Bertz CT molecular complexity index is 545. The van der Waals surface area contributed by atoms with E-state index in [-0.39, 0.29) is 18.0 Å². The number of carbonyl (C=O) groups is 2. The minimum Gasteiger partial charge on any atom is -0.480 e. The molecular formula is C11H13N3O6. The number of hydrogen-bond donors (Lipinski definition) is 2. The molecule has 1 atom stereocenters. The lowest BCUT2D eigenvalue weighted by Crippen LogP contribution is -2.26. The Hall–Kier alpha value is -2.71. The van der Waals surface area contributed by atoms with Crippen molar-refractivity contribution < 1.29 is 24.4 Å². The van der Waals surface area contributed by atoms with Gasteiger partial charge in [0.2, 0.25) is 5.82 Å². The van der Waals surface area contributed by atoms with Crippen LogP contribution in [0.4, 0.5) is 11.5 Å². The summed E-state index contributed by atoms with van der Waals surface area (Å²) in [5.74, 6) is -2.37. The van der Waals surface area contributed by atoms with Gasteiger partial charge in [-0.25, -0.2) is 9.78 Å². The summed E-state index contributed by atoms with van der Waals surface area (Å²) in [6.45, 7) is 2.92. The molecular weight excluding hydrogens is 270 g/mol. The Labute approximate surface area is 113 Å². The van der Waals surface area contributed by atoms with E-state index in [1.165, 1.54) is 6.92 Å². The third kappa shape index (κ3) is 3.40. The summed E-state index contributed by atoms with van der Waals surface area (Å²) in [4.78, 5) is 36.4. The summed E-state index contributed by atoms with van der Waals surface area (Å²) in [6.07, 6.45) is 1.16. The normalized spacial score (nSPS) is 11.5. The molecule has 0 saturated carbocycles. The molecule has 0 fully saturated rings. The van der Waals surface area contributed by atoms with Crippen molar-refractivity contribution in [2.24, 2.45) is 0 Å². The Kier molecular flexibility index (Phi) is 4.95. The fourth-order valence-electron chi connectivity index (χ4n) is 1.38. The number of carbonyl (C=O) groups excluding carboxylic acids is 1. The maximum Gasteiger partial charge on any atom is 0.345 e. The zero-order chi connectivity index (χ0) is 15.3. The Balaban J connectivity index is 3.25. The third-order valence-corrected chi connectivity index (χ3v) is 2.33. The molecule has 0 aromatic carbocycles. The van der Waals surface area contributed by atoms with Crippen LogP contribution in [0.3, 0.4) is 0 Å². The highest BCUT2D eigenvalue weighted by atomic mass is 16.6. The molecule has 0 amide bonds. The first-order chi connectivity index (χ1) is 9.38. The second-order valence-corrected chi connectivity index (χ2v) is 3.74. The van der Waals surface area contributed by atoms with Gasteiger partial charge in [-0.2, -0.15) is 0 Å². The van der Waals surface area contributed by atoms with Gasteiger partial charge in [-0.1, -0.05) is 0 Å². The van der Waals surface area contributed by atoms with Crippen molar-refractivity contribution in [3.05, 3.63) is 27.9 Å². The summed E-state index contributed by atoms with van der Waals surface area (Å²) in [5.41, 5.74) is -0.897. The van der Waals surface area contributed by atoms with Crippen LogP contribution in [0.5, 0.6) is 0 Å². The number of carboxylic acids is 1. The topological polar surface area (TPSA) is 132 Å². The summed E-state index contributed by atoms with van der Waals surface area (Å²) in [5, 5.41) is 22.2. The molecule has 0 unspecified atom stereocenters. The van der Waals surface area contributed by atoms with Gasteiger partial charge in [0.1, 0.15) is 11.6 Å². The number of nitro groups is 1. The molecule has 108 valence electrons. The highest BCUT2D eigenvalue weighted by molar-refractivity contribution is 5.96. The number of nitrogens with zero attached hydrogens (tertiary/aromatic N) is 2. The molecule has 0 aliphatic heterocycles. The van der Waals surface area contributed by atoms with Crippen LogP contribution < -0.4 is 5.32 Å². The summed E-state index contributed by atoms with van der Waals surface area (Å²) >= 11 is 0. The number of hydrogen-bond acceptors (Lipinski definition) is 7. The molecule has 0 saturated heterocycles. The fraction of sp³-hybridized carbons (Fsp3) is 0.364. The quantitative estimate of drug-likeness (QED) is 0.450. The van der Waals surface area contributed by atoms with Gasteiger partial charge in [-0.05, 0) is 19.9 Å². The summed E-state index contributed by atoms with van der Waals surface area (Å²) < 4.78 is 4.71. The molecule has 20 heavy (non-hydrogen) atoms. The van der Waals surface area contributed by atoms with E-state index in [1.807, 2.05) is 0 Å². The number of carboxylic acid groups (broad SMARTS) is 1. The maximum absolute atomic E-state index is 11.6. The molecule has 0 aliphatic carbocycles.